The average Bonchev–Trinajstić information content (AvgIpc) is 2.41. The molecule has 0 radical (unpaired) electrons. The van der Waals surface area contributed by atoms with Crippen LogP contribution in [0.2, 0.25) is 0 Å². The smallest absolute Gasteiger partial charge is 0.175 e. The molecule has 2 N–H and O–H groups in total. The molecule has 0 saturated carbocycles. The maximum absolute atomic E-state index is 5.98. The first kappa shape index (κ1) is 17.3. The average molecular weight is 346 g/mol. The van der Waals surface area contributed by atoms with Crippen LogP contribution in [-0.4, -0.2) is 33.0 Å². The van der Waals surface area contributed by atoms with E-state index < -0.39 is 0 Å². The normalized spacial score (nSPS) is 12.2. The summed E-state index contributed by atoms with van der Waals surface area (Å²) in [4.78, 5) is 0. The molecule has 20 heavy (non-hydrogen) atoms. The van der Waals surface area contributed by atoms with Crippen LogP contribution >= 0.6 is 15.9 Å². The number of methoxy groups -OCH3 is 1. The summed E-state index contributed by atoms with van der Waals surface area (Å²) in [5, 5.41) is 0. The molecule has 1 unspecified atom stereocenters. The number of benzene rings is 1. The highest BCUT2D eigenvalue weighted by Gasteiger charge is 2.15. The van der Waals surface area contributed by atoms with Gasteiger partial charge < -0.3 is 19.9 Å². The number of hydrogen-bond donors (Lipinski definition) is 1. The molecule has 0 aliphatic heterocycles. The van der Waals surface area contributed by atoms with Gasteiger partial charge in [0.25, 0.3) is 0 Å². The highest BCUT2D eigenvalue weighted by molar-refractivity contribution is 9.10. The summed E-state index contributed by atoms with van der Waals surface area (Å²) in [6.07, 6.45) is 1.71. The Morgan fingerprint density at radius 1 is 1.35 bits per heavy atom. The van der Waals surface area contributed by atoms with Crippen molar-refractivity contribution in [3.05, 3.63) is 22.2 Å². The first-order valence-electron chi connectivity index (χ1n) is 6.93. The Morgan fingerprint density at radius 3 is 2.70 bits per heavy atom. The molecule has 0 aromatic heterocycles. The minimum Gasteiger partial charge on any atom is -0.490 e. The van der Waals surface area contributed by atoms with E-state index in [0.717, 1.165) is 34.4 Å². The molecular formula is C15H24BrNO3. The lowest BCUT2D eigenvalue weighted by Crippen LogP contribution is -2.15. The molecule has 0 bridgehead atoms. The molecule has 1 atom stereocenters. The summed E-state index contributed by atoms with van der Waals surface area (Å²) >= 11 is 3.56. The molecule has 0 spiro atoms. The first-order chi connectivity index (χ1) is 9.62. The van der Waals surface area contributed by atoms with Crippen LogP contribution in [0.15, 0.2) is 16.6 Å². The monoisotopic (exact) mass is 345 g/mol. The van der Waals surface area contributed by atoms with E-state index in [2.05, 4.69) is 15.9 Å². The van der Waals surface area contributed by atoms with Gasteiger partial charge in [-0.1, -0.05) is 0 Å². The molecule has 4 nitrogen and oxygen atoms in total. The molecule has 5 heteroatoms. The van der Waals surface area contributed by atoms with Crippen molar-refractivity contribution in [2.75, 3.05) is 26.9 Å². The Labute approximate surface area is 129 Å². The maximum atomic E-state index is 5.98. The zero-order valence-corrected chi connectivity index (χ0v) is 14.0. The molecular weight excluding hydrogens is 322 g/mol. The second-order valence-corrected chi connectivity index (χ2v) is 5.44. The highest BCUT2D eigenvalue weighted by Crippen LogP contribution is 2.38. The standard InChI is InChI=1S/C15H24BrNO3/c1-4-19-14-10-12(5-7-17)9-13(16)15(14)20-11(2)6-8-18-3/h9-11H,4-8,17H2,1-3H3. The van der Waals surface area contributed by atoms with Crippen LogP contribution in [-0.2, 0) is 11.2 Å². The van der Waals surface area contributed by atoms with Gasteiger partial charge in [-0.2, -0.15) is 0 Å². The van der Waals surface area contributed by atoms with Gasteiger partial charge in [-0.25, -0.2) is 0 Å². The summed E-state index contributed by atoms with van der Waals surface area (Å²) in [6, 6.07) is 4.03. The minimum atomic E-state index is 0.0609. The first-order valence-corrected chi connectivity index (χ1v) is 7.72. The van der Waals surface area contributed by atoms with Crippen LogP contribution in [0.3, 0.4) is 0 Å². The van der Waals surface area contributed by atoms with Gasteiger partial charge in [-0.05, 0) is 60.4 Å². The summed E-state index contributed by atoms with van der Waals surface area (Å²) in [6.45, 7) is 5.87. The van der Waals surface area contributed by atoms with E-state index in [-0.39, 0.29) is 6.10 Å². The predicted octanol–water partition coefficient (Wildman–Crippen LogP) is 3.15. The second kappa shape index (κ2) is 9.21. The van der Waals surface area contributed by atoms with Gasteiger partial charge in [0.2, 0.25) is 0 Å². The molecule has 1 rings (SSSR count). The van der Waals surface area contributed by atoms with Gasteiger partial charge >= 0.3 is 0 Å². The zero-order valence-electron chi connectivity index (χ0n) is 12.4. The van der Waals surface area contributed by atoms with Crippen molar-refractivity contribution in [1.82, 2.24) is 0 Å². The number of nitrogens with two attached hydrogens (primary N) is 1. The summed E-state index contributed by atoms with van der Waals surface area (Å²) in [5.41, 5.74) is 6.75. The molecule has 0 amide bonds. The lowest BCUT2D eigenvalue weighted by Gasteiger charge is -2.19. The molecule has 0 saturated heterocycles. The van der Waals surface area contributed by atoms with Gasteiger partial charge in [-0.3, -0.25) is 0 Å². The van der Waals surface area contributed by atoms with Crippen molar-refractivity contribution >= 4 is 15.9 Å². The SMILES string of the molecule is CCOc1cc(CCN)cc(Br)c1OC(C)CCOC. The molecule has 0 fully saturated rings. The van der Waals surface area contributed by atoms with Crippen molar-refractivity contribution in [2.45, 2.75) is 32.8 Å². The molecule has 0 aliphatic carbocycles. The van der Waals surface area contributed by atoms with Crippen LogP contribution in [0.1, 0.15) is 25.8 Å². The number of halogens is 1. The van der Waals surface area contributed by atoms with Crippen molar-refractivity contribution in [2.24, 2.45) is 5.73 Å². The number of ether oxygens (including phenoxy) is 3. The van der Waals surface area contributed by atoms with E-state index in [1.807, 2.05) is 26.0 Å². The van der Waals surface area contributed by atoms with Gasteiger partial charge in [-0.15, -0.1) is 0 Å². The lowest BCUT2D eigenvalue weighted by atomic mass is 10.1. The largest absolute Gasteiger partial charge is 0.490 e. The van der Waals surface area contributed by atoms with E-state index in [1.54, 1.807) is 7.11 Å². The molecule has 114 valence electrons. The van der Waals surface area contributed by atoms with Crippen LogP contribution in [0.5, 0.6) is 11.5 Å². The Balaban J connectivity index is 2.91. The van der Waals surface area contributed by atoms with Gasteiger partial charge in [0.15, 0.2) is 11.5 Å². The Kier molecular flexibility index (Phi) is 7.95. The van der Waals surface area contributed by atoms with E-state index in [4.69, 9.17) is 19.9 Å². The van der Waals surface area contributed by atoms with E-state index >= 15 is 0 Å². The fraction of sp³-hybridized carbons (Fsp3) is 0.600. The maximum Gasteiger partial charge on any atom is 0.175 e. The third-order valence-corrected chi connectivity index (χ3v) is 3.44. The van der Waals surface area contributed by atoms with Crippen molar-refractivity contribution < 1.29 is 14.2 Å². The third kappa shape index (κ3) is 5.31. The van der Waals surface area contributed by atoms with Crippen LogP contribution in [0.25, 0.3) is 0 Å². The summed E-state index contributed by atoms with van der Waals surface area (Å²) < 4.78 is 17.6. The predicted molar refractivity (Wildman–Crippen MR) is 84.7 cm³/mol. The summed E-state index contributed by atoms with van der Waals surface area (Å²) in [7, 11) is 1.69. The minimum absolute atomic E-state index is 0.0609. The van der Waals surface area contributed by atoms with E-state index in [1.165, 1.54) is 0 Å². The fourth-order valence-electron chi connectivity index (χ4n) is 1.85. The van der Waals surface area contributed by atoms with Crippen molar-refractivity contribution in [1.29, 1.82) is 0 Å². The van der Waals surface area contributed by atoms with Crippen molar-refractivity contribution in [3.63, 3.8) is 0 Å². The fourth-order valence-corrected chi connectivity index (χ4v) is 2.44. The van der Waals surface area contributed by atoms with Crippen LogP contribution < -0.4 is 15.2 Å². The lowest BCUT2D eigenvalue weighted by molar-refractivity contribution is 0.131. The Morgan fingerprint density at radius 2 is 2.10 bits per heavy atom. The molecule has 1 aromatic rings. The van der Waals surface area contributed by atoms with Crippen LogP contribution in [0, 0.1) is 0 Å². The van der Waals surface area contributed by atoms with Gasteiger partial charge in [0, 0.05) is 20.1 Å². The van der Waals surface area contributed by atoms with Crippen LogP contribution in [0.4, 0.5) is 0 Å². The van der Waals surface area contributed by atoms with Gasteiger partial charge in [0.1, 0.15) is 0 Å². The van der Waals surface area contributed by atoms with E-state index in [9.17, 15) is 0 Å². The van der Waals surface area contributed by atoms with E-state index in [0.29, 0.717) is 19.8 Å². The quantitative estimate of drug-likeness (QED) is 0.746. The Hall–Kier alpha value is -0.780. The van der Waals surface area contributed by atoms with Crippen molar-refractivity contribution in [3.8, 4) is 11.5 Å². The Bertz CT molecular complexity index is 412. The molecule has 1 aromatic carbocycles. The highest BCUT2D eigenvalue weighted by atomic mass is 79.9. The number of hydrogen-bond acceptors (Lipinski definition) is 4. The molecule has 0 aliphatic rings. The van der Waals surface area contributed by atoms with Gasteiger partial charge in [0.05, 0.1) is 17.2 Å². The third-order valence-electron chi connectivity index (χ3n) is 2.85. The number of rotatable bonds is 9. The second-order valence-electron chi connectivity index (χ2n) is 4.59. The summed E-state index contributed by atoms with van der Waals surface area (Å²) in [5.74, 6) is 1.51. The zero-order chi connectivity index (χ0) is 15.0. The topological polar surface area (TPSA) is 53.7 Å². The molecule has 0 heterocycles.